The van der Waals surface area contributed by atoms with E-state index in [0.717, 1.165) is 54.9 Å². The standard InChI is InChI=1S/C20H24BrN3O/c1-16-7-8-19(18(21)15-16)22-20(25)24-13-11-23(12-14-24)10-9-17-5-3-2-4-6-17/h2-8,15H,9-14H2,1H3,(H,22,25). The predicted molar refractivity (Wildman–Crippen MR) is 106 cm³/mol. The van der Waals surface area contributed by atoms with Gasteiger partial charge in [-0.25, -0.2) is 4.79 Å². The molecular weight excluding hydrogens is 378 g/mol. The van der Waals surface area contributed by atoms with Gasteiger partial charge in [-0.3, -0.25) is 4.90 Å². The fourth-order valence-electron chi connectivity index (χ4n) is 3.02. The lowest BCUT2D eigenvalue weighted by atomic mass is 10.1. The van der Waals surface area contributed by atoms with Crippen molar-refractivity contribution < 1.29 is 4.79 Å². The first kappa shape index (κ1) is 18.0. The van der Waals surface area contributed by atoms with Gasteiger partial charge in [0.25, 0.3) is 0 Å². The van der Waals surface area contributed by atoms with Crippen molar-refractivity contribution in [3.63, 3.8) is 0 Å². The van der Waals surface area contributed by atoms with Crippen LogP contribution in [0.15, 0.2) is 53.0 Å². The van der Waals surface area contributed by atoms with Crippen molar-refractivity contribution in [2.75, 3.05) is 38.0 Å². The van der Waals surface area contributed by atoms with Crippen molar-refractivity contribution in [2.45, 2.75) is 13.3 Å². The quantitative estimate of drug-likeness (QED) is 0.834. The average Bonchev–Trinajstić information content (AvgIpc) is 2.63. The van der Waals surface area contributed by atoms with Crippen LogP contribution in [0.3, 0.4) is 0 Å². The maximum absolute atomic E-state index is 12.5. The third kappa shape index (κ3) is 5.06. The van der Waals surface area contributed by atoms with Gasteiger partial charge in [0.2, 0.25) is 0 Å². The minimum Gasteiger partial charge on any atom is -0.322 e. The molecule has 2 aromatic rings. The number of nitrogens with zero attached hydrogens (tertiary/aromatic N) is 2. The summed E-state index contributed by atoms with van der Waals surface area (Å²) in [5, 5.41) is 3.00. The number of rotatable bonds is 4. The number of aryl methyl sites for hydroxylation is 1. The predicted octanol–water partition coefficient (Wildman–Crippen LogP) is 4.15. The molecule has 0 unspecified atom stereocenters. The molecule has 0 aromatic heterocycles. The van der Waals surface area contributed by atoms with Crippen LogP contribution < -0.4 is 5.32 Å². The second-order valence-corrected chi connectivity index (χ2v) is 7.33. The Morgan fingerprint density at radius 2 is 1.80 bits per heavy atom. The monoisotopic (exact) mass is 401 g/mol. The lowest BCUT2D eigenvalue weighted by Gasteiger charge is -2.34. The molecule has 4 nitrogen and oxygen atoms in total. The third-order valence-corrected chi connectivity index (χ3v) is 5.24. The highest BCUT2D eigenvalue weighted by atomic mass is 79.9. The fraction of sp³-hybridized carbons (Fsp3) is 0.350. The number of benzene rings is 2. The van der Waals surface area contributed by atoms with Crippen LogP contribution in [0, 0.1) is 6.92 Å². The Bertz CT molecular complexity index is 712. The zero-order chi connectivity index (χ0) is 17.6. The second kappa shape index (κ2) is 8.50. The Kier molecular flexibility index (Phi) is 6.10. The lowest BCUT2D eigenvalue weighted by Crippen LogP contribution is -2.50. The van der Waals surface area contributed by atoms with E-state index in [0.29, 0.717) is 0 Å². The van der Waals surface area contributed by atoms with E-state index >= 15 is 0 Å². The van der Waals surface area contributed by atoms with E-state index in [1.807, 2.05) is 36.1 Å². The molecule has 1 heterocycles. The normalized spacial score (nSPS) is 15.2. The molecule has 132 valence electrons. The number of carbonyl (C=O) groups is 1. The van der Waals surface area contributed by atoms with E-state index in [-0.39, 0.29) is 6.03 Å². The minimum atomic E-state index is -0.0211. The second-order valence-electron chi connectivity index (χ2n) is 6.48. The Hall–Kier alpha value is -1.85. The highest BCUT2D eigenvalue weighted by Crippen LogP contribution is 2.23. The molecular formula is C20H24BrN3O. The van der Waals surface area contributed by atoms with Gasteiger partial charge in [0, 0.05) is 37.2 Å². The summed E-state index contributed by atoms with van der Waals surface area (Å²) in [4.78, 5) is 16.8. The van der Waals surface area contributed by atoms with E-state index in [9.17, 15) is 4.79 Å². The van der Waals surface area contributed by atoms with Gasteiger partial charge in [-0.2, -0.15) is 0 Å². The van der Waals surface area contributed by atoms with E-state index < -0.39 is 0 Å². The van der Waals surface area contributed by atoms with E-state index in [1.165, 1.54) is 5.56 Å². The molecule has 2 aromatic carbocycles. The van der Waals surface area contributed by atoms with Crippen LogP contribution in [0.1, 0.15) is 11.1 Å². The molecule has 0 atom stereocenters. The molecule has 1 aliphatic rings. The van der Waals surface area contributed by atoms with Crippen LogP contribution in [0.25, 0.3) is 0 Å². The molecule has 25 heavy (non-hydrogen) atoms. The number of piperazine rings is 1. The van der Waals surface area contributed by atoms with Gasteiger partial charge >= 0.3 is 6.03 Å². The van der Waals surface area contributed by atoms with Crippen LogP contribution in [0.4, 0.5) is 10.5 Å². The topological polar surface area (TPSA) is 35.6 Å². The summed E-state index contributed by atoms with van der Waals surface area (Å²) in [6.45, 7) is 6.47. The van der Waals surface area contributed by atoms with Crippen molar-refractivity contribution in [2.24, 2.45) is 0 Å². The molecule has 0 bridgehead atoms. The van der Waals surface area contributed by atoms with Crippen molar-refractivity contribution >= 4 is 27.6 Å². The van der Waals surface area contributed by atoms with Gasteiger partial charge in [-0.05, 0) is 52.5 Å². The summed E-state index contributed by atoms with van der Waals surface area (Å²) in [5.41, 5.74) is 3.35. The summed E-state index contributed by atoms with van der Waals surface area (Å²) in [7, 11) is 0. The molecule has 5 heteroatoms. The van der Waals surface area contributed by atoms with Crippen molar-refractivity contribution in [3.8, 4) is 0 Å². The van der Waals surface area contributed by atoms with Crippen molar-refractivity contribution in [1.29, 1.82) is 0 Å². The van der Waals surface area contributed by atoms with Gasteiger partial charge < -0.3 is 10.2 Å². The molecule has 3 rings (SSSR count). The fourth-order valence-corrected chi connectivity index (χ4v) is 3.61. The first-order valence-corrected chi connectivity index (χ1v) is 9.49. The molecule has 2 amide bonds. The SMILES string of the molecule is Cc1ccc(NC(=O)N2CCN(CCc3ccccc3)CC2)c(Br)c1. The van der Waals surface area contributed by atoms with Crippen LogP contribution >= 0.6 is 15.9 Å². The minimum absolute atomic E-state index is 0.0211. The zero-order valence-corrected chi connectivity index (χ0v) is 16.1. The summed E-state index contributed by atoms with van der Waals surface area (Å²) in [6, 6.07) is 16.5. The Morgan fingerprint density at radius 1 is 1.08 bits per heavy atom. The lowest BCUT2D eigenvalue weighted by molar-refractivity contribution is 0.148. The number of carbonyl (C=O) groups excluding carboxylic acids is 1. The van der Waals surface area contributed by atoms with E-state index in [1.54, 1.807) is 0 Å². The highest BCUT2D eigenvalue weighted by molar-refractivity contribution is 9.10. The number of urea groups is 1. The number of hydrogen-bond donors (Lipinski definition) is 1. The van der Waals surface area contributed by atoms with Crippen LogP contribution in [0.5, 0.6) is 0 Å². The van der Waals surface area contributed by atoms with E-state index in [2.05, 4.69) is 50.4 Å². The third-order valence-electron chi connectivity index (χ3n) is 4.59. The Balaban J connectivity index is 1.46. The molecule has 0 radical (unpaired) electrons. The van der Waals surface area contributed by atoms with Crippen LogP contribution in [-0.2, 0) is 6.42 Å². The van der Waals surface area contributed by atoms with Gasteiger partial charge in [-0.1, -0.05) is 36.4 Å². The molecule has 0 aliphatic carbocycles. The van der Waals surface area contributed by atoms with Crippen molar-refractivity contribution in [1.82, 2.24) is 9.80 Å². The Morgan fingerprint density at radius 3 is 2.48 bits per heavy atom. The van der Waals surface area contributed by atoms with Gasteiger partial charge in [0.05, 0.1) is 5.69 Å². The maximum Gasteiger partial charge on any atom is 0.321 e. The molecule has 1 N–H and O–H groups in total. The molecule has 1 saturated heterocycles. The highest BCUT2D eigenvalue weighted by Gasteiger charge is 2.21. The molecule has 1 fully saturated rings. The van der Waals surface area contributed by atoms with Crippen LogP contribution in [0.2, 0.25) is 0 Å². The van der Waals surface area contributed by atoms with Gasteiger partial charge in [-0.15, -0.1) is 0 Å². The molecule has 0 spiro atoms. The first-order chi connectivity index (χ1) is 12.1. The van der Waals surface area contributed by atoms with Gasteiger partial charge in [0.15, 0.2) is 0 Å². The van der Waals surface area contributed by atoms with Gasteiger partial charge in [0.1, 0.15) is 0 Å². The number of nitrogens with one attached hydrogen (secondary N) is 1. The van der Waals surface area contributed by atoms with Crippen LogP contribution in [-0.4, -0.2) is 48.6 Å². The summed E-state index contributed by atoms with van der Waals surface area (Å²) in [5.74, 6) is 0. The number of amides is 2. The summed E-state index contributed by atoms with van der Waals surface area (Å²) in [6.07, 6.45) is 1.06. The Labute approximate surface area is 158 Å². The number of anilines is 1. The zero-order valence-electron chi connectivity index (χ0n) is 14.5. The molecule has 1 aliphatic heterocycles. The largest absolute Gasteiger partial charge is 0.322 e. The number of hydrogen-bond acceptors (Lipinski definition) is 2. The summed E-state index contributed by atoms with van der Waals surface area (Å²) >= 11 is 3.51. The summed E-state index contributed by atoms with van der Waals surface area (Å²) < 4.78 is 0.919. The van der Waals surface area contributed by atoms with E-state index in [4.69, 9.17) is 0 Å². The van der Waals surface area contributed by atoms with Crippen molar-refractivity contribution in [3.05, 3.63) is 64.1 Å². The maximum atomic E-state index is 12.5. The smallest absolute Gasteiger partial charge is 0.321 e. The number of halogens is 1. The average molecular weight is 402 g/mol. The first-order valence-electron chi connectivity index (χ1n) is 8.70. The molecule has 0 saturated carbocycles.